The van der Waals surface area contributed by atoms with Gasteiger partial charge in [-0.15, -0.1) is 0 Å². The van der Waals surface area contributed by atoms with E-state index in [0.29, 0.717) is 12.3 Å². The summed E-state index contributed by atoms with van der Waals surface area (Å²) < 4.78 is 5.83. The van der Waals surface area contributed by atoms with Crippen LogP contribution in [0.5, 0.6) is 0 Å². The second kappa shape index (κ2) is 15.9. The zero-order chi connectivity index (χ0) is 22.2. The van der Waals surface area contributed by atoms with Gasteiger partial charge in [-0.3, -0.25) is 4.79 Å². The van der Waals surface area contributed by atoms with Crippen molar-refractivity contribution in [2.24, 2.45) is 5.92 Å². The Balaban J connectivity index is 1.95. The van der Waals surface area contributed by atoms with Gasteiger partial charge in [-0.05, 0) is 59.4 Å². The molecule has 1 fully saturated rings. The van der Waals surface area contributed by atoms with Crippen molar-refractivity contribution in [1.82, 2.24) is 4.90 Å². The molecule has 3 nitrogen and oxygen atoms in total. The minimum atomic E-state index is 0.00447. The van der Waals surface area contributed by atoms with E-state index >= 15 is 0 Å². The van der Waals surface area contributed by atoms with Crippen LogP contribution in [0.4, 0.5) is 0 Å². The molecule has 1 saturated heterocycles. The zero-order valence-corrected chi connectivity index (χ0v) is 20.9. The molecule has 30 heavy (non-hydrogen) atoms. The Morgan fingerprint density at radius 2 is 1.47 bits per heavy atom. The summed E-state index contributed by atoms with van der Waals surface area (Å²) in [4.78, 5) is 14.6. The maximum Gasteiger partial charge on any atom is 0.306 e. The molecule has 2 atom stereocenters. The number of esters is 1. The van der Waals surface area contributed by atoms with Crippen LogP contribution in [0.15, 0.2) is 12.2 Å². The van der Waals surface area contributed by atoms with Crippen LogP contribution in [0.3, 0.4) is 0 Å². The summed E-state index contributed by atoms with van der Waals surface area (Å²) in [6, 6.07) is 0. The quantitative estimate of drug-likeness (QED) is 0.145. The predicted molar refractivity (Wildman–Crippen MR) is 130 cm³/mol. The fraction of sp³-hybridized carbons (Fsp3) is 0.889. The van der Waals surface area contributed by atoms with E-state index in [1.807, 2.05) is 0 Å². The van der Waals surface area contributed by atoms with Gasteiger partial charge in [0, 0.05) is 24.4 Å². The van der Waals surface area contributed by atoms with Crippen molar-refractivity contribution >= 4 is 5.97 Å². The number of hydrogen-bond donors (Lipinski definition) is 0. The Morgan fingerprint density at radius 3 is 2.07 bits per heavy atom. The number of carbonyl (C=O) groups excluding carboxylic acids is 1. The van der Waals surface area contributed by atoms with Crippen LogP contribution in [-0.2, 0) is 9.53 Å². The van der Waals surface area contributed by atoms with Crippen molar-refractivity contribution < 1.29 is 9.53 Å². The first kappa shape index (κ1) is 27.2. The van der Waals surface area contributed by atoms with Gasteiger partial charge >= 0.3 is 5.97 Å². The Morgan fingerprint density at radius 1 is 0.933 bits per heavy atom. The Bertz CT molecular complexity index is 471. The van der Waals surface area contributed by atoms with Gasteiger partial charge in [0.05, 0.1) is 0 Å². The third-order valence-corrected chi connectivity index (χ3v) is 7.33. The average molecular weight is 422 g/mol. The van der Waals surface area contributed by atoms with Gasteiger partial charge in [-0.25, -0.2) is 0 Å². The molecule has 0 aromatic rings. The molecule has 2 unspecified atom stereocenters. The lowest BCUT2D eigenvalue weighted by Crippen LogP contribution is -2.56. The molecule has 1 aliphatic rings. The highest BCUT2D eigenvalue weighted by molar-refractivity contribution is 5.69. The minimum absolute atomic E-state index is 0.00447. The fourth-order valence-electron chi connectivity index (χ4n) is 4.39. The number of unbranched alkanes of at least 4 members (excludes halogenated alkanes) is 11. The first-order chi connectivity index (χ1) is 14.4. The molecule has 0 saturated carbocycles. The molecule has 0 aliphatic carbocycles. The Kier molecular flexibility index (Phi) is 14.4. The van der Waals surface area contributed by atoms with Crippen LogP contribution in [-0.4, -0.2) is 36.1 Å². The molecule has 1 heterocycles. The van der Waals surface area contributed by atoms with Gasteiger partial charge < -0.3 is 9.64 Å². The fourth-order valence-corrected chi connectivity index (χ4v) is 4.39. The highest BCUT2D eigenvalue weighted by Crippen LogP contribution is 2.33. The number of allylic oxidation sites excluding steroid dienone is 2. The van der Waals surface area contributed by atoms with Crippen LogP contribution >= 0.6 is 0 Å². The topological polar surface area (TPSA) is 29.5 Å². The van der Waals surface area contributed by atoms with E-state index in [2.05, 4.69) is 51.8 Å². The standard InChI is InChI=1S/C27H51NO2/c1-6-7-8-9-10-11-12-13-14-15-16-17-18-19-20-21-26(29)30-25-22-23-28(5)27(3,4)24(25)2/h13-14,24-25H,6-12,15-23H2,1-5H3/b14-13-. The van der Waals surface area contributed by atoms with Gasteiger partial charge in [0.1, 0.15) is 6.10 Å². The molecular weight excluding hydrogens is 370 g/mol. The summed E-state index contributed by atoms with van der Waals surface area (Å²) in [6.07, 6.45) is 23.0. The molecule has 0 aromatic carbocycles. The molecule has 0 N–H and O–H groups in total. The monoisotopic (exact) mass is 421 g/mol. The van der Waals surface area contributed by atoms with Crippen molar-refractivity contribution in [2.75, 3.05) is 13.6 Å². The molecule has 0 bridgehead atoms. The van der Waals surface area contributed by atoms with Gasteiger partial charge in [0.2, 0.25) is 0 Å². The average Bonchev–Trinajstić information content (AvgIpc) is 2.72. The summed E-state index contributed by atoms with van der Waals surface area (Å²) in [5.74, 6) is 0.374. The SMILES string of the molecule is CCCCCCCC/C=C\CCCCCCCC(=O)OC1CCN(C)C(C)(C)C1C. The van der Waals surface area contributed by atoms with Crippen molar-refractivity contribution in [1.29, 1.82) is 0 Å². The number of nitrogens with zero attached hydrogens (tertiary/aromatic N) is 1. The number of likely N-dealkylation sites (tertiary alicyclic amines) is 1. The van der Waals surface area contributed by atoms with E-state index in [-0.39, 0.29) is 17.6 Å². The molecule has 0 spiro atoms. The lowest BCUT2D eigenvalue weighted by atomic mass is 9.79. The second-order valence-electron chi connectivity index (χ2n) is 10.0. The van der Waals surface area contributed by atoms with E-state index < -0.39 is 0 Å². The summed E-state index contributed by atoms with van der Waals surface area (Å²) in [5.41, 5.74) is 0.0896. The van der Waals surface area contributed by atoms with Crippen LogP contribution in [0, 0.1) is 5.92 Å². The molecule has 0 amide bonds. The van der Waals surface area contributed by atoms with Crippen molar-refractivity contribution in [3.8, 4) is 0 Å². The maximum absolute atomic E-state index is 12.2. The van der Waals surface area contributed by atoms with E-state index in [1.54, 1.807) is 0 Å². The predicted octanol–water partition coefficient (Wildman–Crippen LogP) is 7.69. The summed E-state index contributed by atoms with van der Waals surface area (Å²) >= 11 is 0. The van der Waals surface area contributed by atoms with Gasteiger partial charge in [-0.1, -0.05) is 77.4 Å². The second-order valence-corrected chi connectivity index (χ2v) is 10.0. The maximum atomic E-state index is 12.2. The number of carbonyl (C=O) groups is 1. The molecule has 1 rings (SSSR count). The zero-order valence-electron chi connectivity index (χ0n) is 20.9. The normalized spacial score (nSPS) is 21.9. The minimum Gasteiger partial charge on any atom is -0.462 e. The third kappa shape index (κ3) is 11.0. The molecule has 0 radical (unpaired) electrons. The summed E-state index contributed by atoms with van der Waals surface area (Å²) in [5, 5.41) is 0. The molecule has 176 valence electrons. The van der Waals surface area contributed by atoms with E-state index in [9.17, 15) is 4.79 Å². The first-order valence-electron chi connectivity index (χ1n) is 12.9. The number of piperidine rings is 1. The third-order valence-electron chi connectivity index (χ3n) is 7.33. The number of ether oxygens (including phenoxy) is 1. The van der Waals surface area contributed by atoms with Crippen LogP contribution in [0.1, 0.15) is 124 Å². The van der Waals surface area contributed by atoms with E-state index in [4.69, 9.17) is 4.74 Å². The van der Waals surface area contributed by atoms with Crippen LogP contribution < -0.4 is 0 Å². The lowest BCUT2D eigenvalue weighted by molar-refractivity contribution is -0.159. The smallest absolute Gasteiger partial charge is 0.306 e. The van der Waals surface area contributed by atoms with Crippen LogP contribution in [0.25, 0.3) is 0 Å². The van der Waals surface area contributed by atoms with Crippen molar-refractivity contribution in [3.05, 3.63) is 12.2 Å². The molecule has 1 aliphatic heterocycles. The van der Waals surface area contributed by atoms with E-state index in [0.717, 1.165) is 25.8 Å². The largest absolute Gasteiger partial charge is 0.462 e. The summed E-state index contributed by atoms with van der Waals surface area (Å²) in [7, 11) is 2.17. The van der Waals surface area contributed by atoms with Crippen molar-refractivity contribution in [2.45, 2.75) is 136 Å². The molecule has 3 heteroatoms. The summed E-state index contributed by atoms with van der Waals surface area (Å²) in [6.45, 7) is 10.00. The van der Waals surface area contributed by atoms with Gasteiger partial charge in [0.25, 0.3) is 0 Å². The highest BCUT2D eigenvalue weighted by Gasteiger charge is 2.41. The Labute approximate surface area is 188 Å². The first-order valence-corrected chi connectivity index (χ1v) is 12.9. The van der Waals surface area contributed by atoms with E-state index in [1.165, 1.54) is 70.6 Å². The molecule has 0 aromatic heterocycles. The van der Waals surface area contributed by atoms with Gasteiger partial charge in [-0.2, -0.15) is 0 Å². The van der Waals surface area contributed by atoms with Gasteiger partial charge in [0.15, 0.2) is 0 Å². The molecular formula is C27H51NO2. The highest BCUT2D eigenvalue weighted by atomic mass is 16.5. The number of hydrogen-bond acceptors (Lipinski definition) is 3. The Hall–Kier alpha value is -0.830. The van der Waals surface area contributed by atoms with Crippen LogP contribution in [0.2, 0.25) is 0 Å². The number of rotatable bonds is 16. The van der Waals surface area contributed by atoms with Crippen molar-refractivity contribution in [3.63, 3.8) is 0 Å². The lowest BCUT2D eigenvalue weighted by Gasteiger charge is -2.48.